The molecule has 0 radical (unpaired) electrons. The second kappa shape index (κ2) is 7.09. The van der Waals surface area contributed by atoms with Gasteiger partial charge in [0.15, 0.2) is 5.82 Å². The number of hydrogen-bond acceptors (Lipinski definition) is 5. The third kappa shape index (κ3) is 4.08. The predicted molar refractivity (Wildman–Crippen MR) is 83.9 cm³/mol. The molecule has 2 atom stereocenters. The van der Waals surface area contributed by atoms with Crippen LogP contribution < -0.4 is 5.73 Å². The van der Waals surface area contributed by atoms with Gasteiger partial charge in [-0.05, 0) is 30.9 Å². The van der Waals surface area contributed by atoms with Gasteiger partial charge in [-0.3, -0.25) is 0 Å². The van der Waals surface area contributed by atoms with Crippen LogP contribution in [0.2, 0.25) is 0 Å². The molecule has 0 bridgehead atoms. The van der Waals surface area contributed by atoms with Crippen molar-refractivity contribution in [2.45, 2.75) is 48.8 Å². The lowest BCUT2D eigenvalue weighted by atomic mass is 9.83. The SMILES string of the molecule is NC1CCCCC1Cc1nc(CSc2ccccc2)no1. The first-order chi connectivity index (χ1) is 10.3. The van der Waals surface area contributed by atoms with Gasteiger partial charge in [0.05, 0.1) is 5.75 Å². The molecular formula is C16H21N3OS. The molecule has 112 valence electrons. The van der Waals surface area contributed by atoms with Crippen LogP contribution in [0.1, 0.15) is 37.4 Å². The van der Waals surface area contributed by atoms with Crippen molar-refractivity contribution in [1.29, 1.82) is 0 Å². The second-order valence-corrected chi connectivity index (χ2v) is 6.67. The fraction of sp³-hybridized carbons (Fsp3) is 0.500. The van der Waals surface area contributed by atoms with Crippen molar-refractivity contribution in [1.82, 2.24) is 10.1 Å². The van der Waals surface area contributed by atoms with Gasteiger partial charge in [0, 0.05) is 17.4 Å². The molecule has 1 aliphatic carbocycles. The summed E-state index contributed by atoms with van der Waals surface area (Å²) in [5.41, 5.74) is 6.17. The van der Waals surface area contributed by atoms with Crippen molar-refractivity contribution < 1.29 is 4.52 Å². The van der Waals surface area contributed by atoms with Gasteiger partial charge >= 0.3 is 0 Å². The number of rotatable bonds is 5. The monoisotopic (exact) mass is 303 g/mol. The van der Waals surface area contributed by atoms with E-state index in [1.54, 1.807) is 11.8 Å². The molecule has 3 rings (SSSR count). The fourth-order valence-electron chi connectivity index (χ4n) is 2.81. The van der Waals surface area contributed by atoms with Crippen LogP contribution in [0.25, 0.3) is 0 Å². The lowest BCUT2D eigenvalue weighted by molar-refractivity contribution is 0.273. The summed E-state index contributed by atoms with van der Waals surface area (Å²) in [7, 11) is 0. The van der Waals surface area contributed by atoms with E-state index >= 15 is 0 Å². The Labute approximate surface area is 129 Å². The van der Waals surface area contributed by atoms with Crippen molar-refractivity contribution in [3.8, 4) is 0 Å². The van der Waals surface area contributed by atoms with Gasteiger partial charge in [-0.15, -0.1) is 11.8 Å². The molecule has 2 unspecified atom stereocenters. The van der Waals surface area contributed by atoms with Gasteiger partial charge in [-0.25, -0.2) is 0 Å². The largest absolute Gasteiger partial charge is 0.339 e. The van der Waals surface area contributed by atoms with Gasteiger partial charge in [0.25, 0.3) is 0 Å². The van der Waals surface area contributed by atoms with Gasteiger partial charge < -0.3 is 10.3 Å². The molecule has 0 spiro atoms. The third-order valence-electron chi connectivity index (χ3n) is 4.03. The summed E-state index contributed by atoms with van der Waals surface area (Å²) >= 11 is 1.72. The van der Waals surface area contributed by atoms with Crippen LogP contribution >= 0.6 is 11.8 Å². The van der Waals surface area contributed by atoms with E-state index < -0.39 is 0 Å². The van der Waals surface area contributed by atoms with E-state index in [0.29, 0.717) is 5.92 Å². The van der Waals surface area contributed by atoms with Gasteiger partial charge in [-0.2, -0.15) is 4.98 Å². The molecule has 5 heteroatoms. The molecule has 1 aliphatic rings. The summed E-state index contributed by atoms with van der Waals surface area (Å²) < 4.78 is 5.37. The second-order valence-electron chi connectivity index (χ2n) is 5.62. The first-order valence-electron chi connectivity index (χ1n) is 7.56. The normalized spacial score (nSPS) is 22.3. The van der Waals surface area contributed by atoms with E-state index in [4.69, 9.17) is 10.3 Å². The van der Waals surface area contributed by atoms with Crippen molar-refractivity contribution in [3.05, 3.63) is 42.0 Å². The number of nitrogens with two attached hydrogens (primary N) is 1. The van der Waals surface area contributed by atoms with E-state index in [1.807, 2.05) is 18.2 Å². The minimum Gasteiger partial charge on any atom is -0.339 e. The number of nitrogens with zero attached hydrogens (tertiary/aromatic N) is 2. The Morgan fingerprint density at radius 2 is 2.00 bits per heavy atom. The Morgan fingerprint density at radius 3 is 2.81 bits per heavy atom. The molecule has 4 nitrogen and oxygen atoms in total. The van der Waals surface area contributed by atoms with Crippen molar-refractivity contribution in [3.63, 3.8) is 0 Å². The maximum atomic E-state index is 6.17. The average molecular weight is 303 g/mol. The smallest absolute Gasteiger partial charge is 0.227 e. The molecule has 21 heavy (non-hydrogen) atoms. The minimum atomic E-state index is 0.285. The molecule has 2 N–H and O–H groups in total. The first-order valence-corrected chi connectivity index (χ1v) is 8.55. The Balaban J connectivity index is 1.53. The summed E-state index contributed by atoms with van der Waals surface area (Å²) in [6, 6.07) is 10.6. The quantitative estimate of drug-likeness (QED) is 0.857. The average Bonchev–Trinajstić information content (AvgIpc) is 2.96. The van der Waals surface area contributed by atoms with Crippen LogP contribution in [0.3, 0.4) is 0 Å². The van der Waals surface area contributed by atoms with Crippen LogP contribution in [0.4, 0.5) is 0 Å². The highest BCUT2D eigenvalue weighted by molar-refractivity contribution is 7.98. The van der Waals surface area contributed by atoms with E-state index in [9.17, 15) is 0 Å². The third-order valence-corrected chi connectivity index (χ3v) is 5.03. The molecule has 1 fully saturated rings. The molecule has 0 aliphatic heterocycles. The van der Waals surface area contributed by atoms with Crippen LogP contribution in [-0.4, -0.2) is 16.2 Å². The molecule has 1 saturated carbocycles. The number of aromatic nitrogens is 2. The van der Waals surface area contributed by atoms with Crippen LogP contribution in [0, 0.1) is 5.92 Å². The number of hydrogen-bond donors (Lipinski definition) is 1. The van der Waals surface area contributed by atoms with Gasteiger partial charge in [-0.1, -0.05) is 36.2 Å². The Morgan fingerprint density at radius 1 is 1.19 bits per heavy atom. The van der Waals surface area contributed by atoms with E-state index in [0.717, 1.165) is 30.3 Å². The summed E-state index contributed by atoms with van der Waals surface area (Å²) in [5, 5.41) is 4.07. The summed E-state index contributed by atoms with van der Waals surface area (Å²) in [6.07, 6.45) is 5.64. The topological polar surface area (TPSA) is 64.9 Å². The van der Waals surface area contributed by atoms with Crippen molar-refractivity contribution in [2.75, 3.05) is 0 Å². The maximum absolute atomic E-state index is 6.17. The standard InChI is InChI=1S/C16H21N3OS/c17-14-9-5-4-6-12(14)10-16-18-15(19-20-16)11-21-13-7-2-1-3-8-13/h1-3,7-8,12,14H,4-6,9-11,17H2. The summed E-state index contributed by atoms with van der Waals surface area (Å²) in [6.45, 7) is 0. The first kappa shape index (κ1) is 14.6. The van der Waals surface area contributed by atoms with E-state index in [1.165, 1.54) is 24.2 Å². The van der Waals surface area contributed by atoms with Gasteiger partial charge in [0.1, 0.15) is 0 Å². The lowest BCUT2D eigenvalue weighted by Crippen LogP contribution is -2.34. The Bertz CT molecular complexity index is 558. The molecule has 0 amide bonds. The highest BCUT2D eigenvalue weighted by Gasteiger charge is 2.24. The number of benzene rings is 1. The summed E-state index contributed by atoms with van der Waals surface area (Å²) in [4.78, 5) is 5.72. The molecule has 2 aromatic rings. The Kier molecular flexibility index (Phi) is 4.93. The molecule has 1 aromatic heterocycles. The highest BCUT2D eigenvalue weighted by Crippen LogP contribution is 2.26. The van der Waals surface area contributed by atoms with Crippen molar-refractivity contribution in [2.24, 2.45) is 11.7 Å². The van der Waals surface area contributed by atoms with Crippen LogP contribution in [0.15, 0.2) is 39.8 Å². The van der Waals surface area contributed by atoms with Crippen molar-refractivity contribution >= 4 is 11.8 Å². The highest BCUT2D eigenvalue weighted by atomic mass is 32.2. The zero-order chi connectivity index (χ0) is 14.5. The number of thioether (sulfide) groups is 1. The van der Waals surface area contributed by atoms with E-state index in [-0.39, 0.29) is 6.04 Å². The van der Waals surface area contributed by atoms with Crippen LogP contribution in [-0.2, 0) is 12.2 Å². The minimum absolute atomic E-state index is 0.285. The lowest BCUT2D eigenvalue weighted by Gasteiger charge is -2.27. The zero-order valence-corrected chi connectivity index (χ0v) is 12.9. The van der Waals surface area contributed by atoms with Gasteiger partial charge in [0.2, 0.25) is 5.89 Å². The molecule has 1 aromatic carbocycles. The zero-order valence-electron chi connectivity index (χ0n) is 12.1. The fourth-order valence-corrected chi connectivity index (χ4v) is 3.57. The molecule has 0 saturated heterocycles. The molecular weight excluding hydrogens is 282 g/mol. The Hall–Kier alpha value is -1.33. The predicted octanol–water partition coefficient (Wildman–Crippen LogP) is 3.42. The molecule has 1 heterocycles. The summed E-state index contributed by atoms with van der Waals surface area (Å²) in [5.74, 6) is 2.74. The van der Waals surface area contributed by atoms with E-state index in [2.05, 4.69) is 22.3 Å². The van der Waals surface area contributed by atoms with Crippen LogP contribution in [0.5, 0.6) is 0 Å². The maximum Gasteiger partial charge on any atom is 0.227 e.